The van der Waals surface area contributed by atoms with Crippen molar-refractivity contribution in [3.8, 4) is 0 Å². The molecule has 1 unspecified atom stereocenters. The molecule has 2 heterocycles. The minimum absolute atomic E-state index is 0.0392. The Kier molecular flexibility index (Phi) is 4.44. The maximum atomic E-state index is 6.87. The summed E-state index contributed by atoms with van der Waals surface area (Å²) in [6.45, 7) is 6.77. The first-order valence-corrected chi connectivity index (χ1v) is 9.09. The Morgan fingerprint density at radius 1 is 1.19 bits per heavy atom. The highest BCUT2D eigenvalue weighted by molar-refractivity contribution is 9.10. The molecule has 1 aliphatic carbocycles. The zero-order valence-corrected chi connectivity index (χ0v) is 14.8. The van der Waals surface area contributed by atoms with E-state index in [1.165, 1.54) is 57.3 Å². The van der Waals surface area contributed by atoms with Gasteiger partial charge in [-0.2, -0.15) is 5.10 Å². The third-order valence-electron chi connectivity index (χ3n) is 5.35. The summed E-state index contributed by atoms with van der Waals surface area (Å²) in [5, 5.41) is 4.54. The molecule has 21 heavy (non-hydrogen) atoms. The number of hydrogen-bond donors (Lipinski definition) is 1. The lowest BCUT2D eigenvalue weighted by Crippen LogP contribution is -2.53. The zero-order valence-electron chi connectivity index (χ0n) is 13.2. The Morgan fingerprint density at radius 2 is 1.81 bits per heavy atom. The number of aromatic nitrogens is 2. The Balaban J connectivity index is 1.98. The normalized spacial score (nSPS) is 24.0. The summed E-state index contributed by atoms with van der Waals surface area (Å²) < 4.78 is 3.17. The second kappa shape index (κ2) is 6.01. The highest BCUT2D eigenvalue weighted by atomic mass is 79.9. The molecule has 118 valence electrons. The van der Waals surface area contributed by atoms with Crippen molar-refractivity contribution in [2.75, 3.05) is 13.1 Å². The fraction of sp³-hybridized carbons (Fsp3) is 0.812. The minimum atomic E-state index is 0.0392. The van der Waals surface area contributed by atoms with Gasteiger partial charge in [0.15, 0.2) is 0 Å². The van der Waals surface area contributed by atoms with E-state index in [0.29, 0.717) is 6.04 Å². The molecule has 0 spiro atoms. The summed E-state index contributed by atoms with van der Waals surface area (Å²) in [7, 11) is 0. The lowest BCUT2D eigenvalue weighted by Gasteiger charge is -2.44. The van der Waals surface area contributed by atoms with Gasteiger partial charge in [0.05, 0.1) is 22.4 Å². The molecular weight excluding hydrogens is 328 g/mol. The highest BCUT2D eigenvalue weighted by Crippen LogP contribution is 2.46. The molecule has 1 aromatic rings. The Hall–Kier alpha value is -0.390. The van der Waals surface area contributed by atoms with E-state index in [4.69, 9.17) is 5.73 Å². The number of likely N-dealkylation sites (tertiary alicyclic amines) is 1. The summed E-state index contributed by atoms with van der Waals surface area (Å²) >= 11 is 3.68. The van der Waals surface area contributed by atoms with Crippen LogP contribution in [0, 0.1) is 0 Å². The largest absolute Gasteiger partial charge is 0.321 e. The number of nitrogens with zero attached hydrogens (tertiary/aromatic N) is 3. The monoisotopic (exact) mass is 354 g/mol. The summed E-state index contributed by atoms with van der Waals surface area (Å²) in [5.41, 5.74) is 8.19. The molecule has 2 fully saturated rings. The van der Waals surface area contributed by atoms with Crippen molar-refractivity contribution >= 4 is 15.9 Å². The molecule has 0 aromatic carbocycles. The summed E-state index contributed by atoms with van der Waals surface area (Å²) in [4.78, 5) is 2.68. The van der Waals surface area contributed by atoms with E-state index in [2.05, 4.69) is 44.5 Å². The smallest absolute Gasteiger partial charge is 0.0715 e. The molecule has 1 saturated heterocycles. The average molecular weight is 355 g/mol. The molecular formula is C16H27BrN4. The van der Waals surface area contributed by atoms with Crippen molar-refractivity contribution in [1.29, 1.82) is 0 Å². The van der Waals surface area contributed by atoms with Gasteiger partial charge >= 0.3 is 0 Å². The second-order valence-corrected chi connectivity index (χ2v) is 7.75. The minimum Gasteiger partial charge on any atom is -0.321 e. The Labute approximate surface area is 136 Å². The average Bonchev–Trinajstić information content (AvgIpc) is 3.18. The number of halogens is 1. The molecule has 0 amide bonds. The van der Waals surface area contributed by atoms with Crippen molar-refractivity contribution in [3.05, 3.63) is 16.4 Å². The fourth-order valence-corrected chi connectivity index (χ4v) is 4.80. The number of rotatable bonds is 4. The lowest BCUT2D eigenvalue weighted by atomic mass is 9.84. The first kappa shape index (κ1) is 15.5. The molecule has 3 rings (SSSR count). The van der Waals surface area contributed by atoms with Crippen molar-refractivity contribution in [2.24, 2.45) is 5.73 Å². The van der Waals surface area contributed by atoms with E-state index in [-0.39, 0.29) is 11.6 Å². The summed E-state index contributed by atoms with van der Waals surface area (Å²) in [6, 6.07) is 0.381. The van der Waals surface area contributed by atoms with Crippen molar-refractivity contribution < 1.29 is 0 Å². The third kappa shape index (κ3) is 2.57. The van der Waals surface area contributed by atoms with Crippen LogP contribution in [0.1, 0.15) is 70.2 Å². The molecule has 0 radical (unpaired) electrons. The molecule has 5 heteroatoms. The number of nitrogens with two attached hydrogens (primary N) is 1. The predicted octanol–water partition coefficient (Wildman–Crippen LogP) is 3.63. The summed E-state index contributed by atoms with van der Waals surface area (Å²) in [5.74, 6) is 0. The molecule has 0 bridgehead atoms. The highest BCUT2D eigenvalue weighted by Gasteiger charge is 2.47. The Bertz CT molecular complexity index is 484. The van der Waals surface area contributed by atoms with Crippen LogP contribution >= 0.6 is 15.9 Å². The van der Waals surface area contributed by atoms with Gasteiger partial charge in [0.25, 0.3) is 0 Å². The van der Waals surface area contributed by atoms with Crippen molar-refractivity contribution in [1.82, 2.24) is 14.7 Å². The van der Waals surface area contributed by atoms with Gasteiger partial charge < -0.3 is 5.73 Å². The number of hydrogen-bond acceptors (Lipinski definition) is 3. The molecule has 2 aliphatic rings. The van der Waals surface area contributed by atoms with Gasteiger partial charge in [-0.3, -0.25) is 9.58 Å². The summed E-state index contributed by atoms with van der Waals surface area (Å²) in [6.07, 6.45) is 9.60. The van der Waals surface area contributed by atoms with Crippen LogP contribution in [0.2, 0.25) is 0 Å². The van der Waals surface area contributed by atoms with Crippen LogP contribution in [0.15, 0.2) is 10.7 Å². The van der Waals surface area contributed by atoms with Gasteiger partial charge in [-0.25, -0.2) is 0 Å². The van der Waals surface area contributed by atoms with Crippen LogP contribution < -0.4 is 5.73 Å². The quantitative estimate of drug-likeness (QED) is 0.897. The lowest BCUT2D eigenvalue weighted by molar-refractivity contribution is 0.0880. The second-order valence-electron chi connectivity index (χ2n) is 6.90. The molecule has 1 atom stereocenters. The zero-order chi connectivity index (χ0) is 15.0. The first-order valence-electron chi connectivity index (χ1n) is 8.30. The van der Waals surface area contributed by atoms with E-state index in [1.807, 2.05) is 6.20 Å². The van der Waals surface area contributed by atoms with Crippen molar-refractivity contribution in [2.45, 2.75) is 70.0 Å². The van der Waals surface area contributed by atoms with Crippen LogP contribution in [-0.4, -0.2) is 33.3 Å². The van der Waals surface area contributed by atoms with Crippen LogP contribution in [0.4, 0.5) is 0 Å². The van der Waals surface area contributed by atoms with E-state index < -0.39 is 0 Å². The van der Waals surface area contributed by atoms with Crippen molar-refractivity contribution in [3.63, 3.8) is 0 Å². The van der Waals surface area contributed by atoms with Gasteiger partial charge in [0.1, 0.15) is 0 Å². The fourth-order valence-electron chi connectivity index (χ4n) is 4.28. The van der Waals surface area contributed by atoms with Gasteiger partial charge in [0, 0.05) is 11.6 Å². The molecule has 1 saturated carbocycles. The third-order valence-corrected chi connectivity index (χ3v) is 5.97. The van der Waals surface area contributed by atoms with Gasteiger partial charge in [-0.05, 0) is 68.6 Å². The van der Waals surface area contributed by atoms with Crippen LogP contribution in [-0.2, 0) is 0 Å². The van der Waals surface area contributed by atoms with E-state index in [0.717, 1.165) is 4.47 Å². The van der Waals surface area contributed by atoms with E-state index in [9.17, 15) is 0 Å². The topological polar surface area (TPSA) is 47.1 Å². The van der Waals surface area contributed by atoms with E-state index >= 15 is 0 Å². The molecule has 4 nitrogen and oxygen atoms in total. The van der Waals surface area contributed by atoms with Gasteiger partial charge in [0.2, 0.25) is 0 Å². The van der Waals surface area contributed by atoms with Crippen LogP contribution in [0.5, 0.6) is 0 Å². The standard InChI is InChI=1S/C16H27BrN4/c1-12(2)21-14(13(17)11-19-21)15(18)16(7-3-4-8-16)20-9-5-6-10-20/h11-12,15H,3-10,18H2,1-2H3. The SMILES string of the molecule is CC(C)n1ncc(Br)c1C(N)C1(N2CCCC2)CCCC1. The van der Waals surface area contributed by atoms with Crippen LogP contribution in [0.25, 0.3) is 0 Å². The Morgan fingerprint density at radius 3 is 2.38 bits per heavy atom. The van der Waals surface area contributed by atoms with Crippen LogP contribution in [0.3, 0.4) is 0 Å². The van der Waals surface area contributed by atoms with Gasteiger partial charge in [-0.1, -0.05) is 12.8 Å². The van der Waals surface area contributed by atoms with E-state index in [1.54, 1.807) is 0 Å². The predicted molar refractivity (Wildman–Crippen MR) is 89.2 cm³/mol. The first-order chi connectivity index (χ1) is 10.1. The molecule has 1 aromatic heterocycles. The maximum Gasteiger partial charge on any atom is 0.0715 e. The van der Waals surface area contributed by atoms with Gasteiger partial charge in [-0.15, -0.1) is 0 Å². The molecule has 2 N–H and O–H groups in total. The maximum absolute atomic E-state index is 6.87. The molecule has 1 aliphatic heterocycles.